The maximum absolute atomic E-state index is 14.5. The molecule has 0 saturated heterocycles. The van der Waals surface area contributed by atoms with Crippen molar-refractivity contribution in [2.45, 2.75) is 70.5 Å². The maximum Gasteiger partial charge on any atom is 0.252 e. The molecule has 1 aliphatic carbocycles. The van der Waals surface area contributed by atoms with Crippen LogP contribution < -0.4 is 15.0 Å². The highest BCUT2D eigenvalue weighted by atomic mass is 16.5. The van der Waals surface area contributed by atoms with Crippen molar-refractivity contribution < 1.29 is 14.3 Å². The molecule has 2 unspecified atom stereocenters. The summed E-state index contributed by atoms with van der Waals surface area (Å²) in [5, 5.41) is 11.9. The molecule has 1 fully saturated rings. The molecule has 2 atom stereocenters. The maximum atomic E-state index is 14.5. The molecule has 0 aliphatic heterocycles. The van der Waals surface area contributed by atoms with Gasteiger partial charge in [-0.15, -0.1) is 5.10 Å². The summed E-state index contributed by atoms with van der Waals surface area (Å²) in [4.78, 5) is 30.3. The van der Waals surface area contributed by atoms with Crippen molar-refractivity contribution in [1.29, 1.82) is 0 Å². The highest BCUT2D eigenvalue weighted by Gasteiger charge is 2.37. The van der Waals surface area contributed by atoms with Crippen LogP contribution in [0.15, 0.2) is 72.8 Å². The van der Waals surface area contributed by atoms with Gasteiger partial charge in [-0.1, -0.05) is 67.8 Å². The first kappa shape index (κ1) is 27.4. The topological polar surface area (TPSA) is 89.4 Å². The summed E-state index contributed by atoms with van der Waals surface area (Å²) >= 11 is 0. The van der Waals surface area contributed by atoms with Gasteiger partial charge >= 0.3 is 0 Å². The predicted octanol–water partition coefficient (Wildman–Crippen LogP) is 5.79. The smallest absolute Gasteiger partial charge is 0.252 e. The lowest BCUT2D eigenvalue weighted by atomic mass is 9.94. The van der Waals surface area contributed by atoms with Crippen LogP contribution in [-0.2, 0) is 16.0 Å². The van der Waals surface area contributed by atoms with Crippen LogP contribution in [0.25, 0.3) is 11.0 Å². The van der Waals surface area contributed by atoms with Gasteiger partial charge in [-0.05, 0) is 73.7 Å². The Bertz CT molecular complexity index is 1440. The number of methoxy groups -OCH3 is 1. The van der Waals surface area contributed by atoms with Crippen molar-refractivity contribution in [2.24, 2.45) is 0 Å². The molecule has 1 aromatic heterocycles. The molecule has 40 heavy (non-hydrogen) atoms. The van der Waals surface area contributed by atoms with E-state index in [4.69, 9.17) is 4.74 Å². The highest BCUT2D eigenvalue weighted by molar-refractivity contribution is 6.03. The number of amides is 2. The second-order valence-electron chi connectivity index (χ2n) is 10.4. The van der Waals surface area contributed by atoms with Crippen molar-refractivity contribution in [3.63, 3.8) is 0 Å². The minimum absolute atomic E-state index is 0.0955. The van der Waals surface area contributed by atoms with Gasteiger partial charge in [0.1, 0.15) is 23.3 Å². The Morgan fingerprint density at radius 1 is 1.00 bits per heavy atom. The Labute approximate surface area is 235 Å². The standard InChI is InChI=1S/C32H37N5O3/c1-4-23-14-18-26(19-15-23)36(32(39)22(2)37-29-13-9-8-12-28(29)34-35-37)30(24-16-20-27(40-3)21-17-24)31(38)33-25-10-6-5-7-11-25/h8-9,12-22,25,30H,4-7,10-11H2,1-3H3,(H,33,38). The molecule has 1 aliphatic rings. The molecular formula is C32H37N5O3. The van der Waals surface area contributed by atoms with Gasteiger partial charge in [0.25, 0.3) is 5.91 Å². The Balaban J connectivity index is 1.59. The molecule has 5 rings (SSSR count). The molecular weight excluding hydrogens is 502 g/mol. The van der Waals surface area contributed by atoms with E-state index in [-0.39, 0.29) is 17.9 Å². The highest BCUT2D eigenvalue weighted by Crippen LogP contribution is 2.33. The van der Waals surface area contributed by atoms with E-state index in [1.54, 1.807) is 23.6 Å². The molecule has 1 heterocycles. The lowest BCUT2D eigenvalue weighted by molar-refractivity contribution is -0.128. The zero-order valence-corrected chi connectivity index (χ0v) is 23.4. The zero-order valence-electron chi connectivity index (χ0n) is 23.4. The van der Waals surface area contributed by atoms with E-state index in [9.17, 15) is 9.59 Å². The predicted molar refractivity (Wildman–Crippen MR) is 156 cm³/mol. The Kier molecular flexibility index (Phi) is 8.43. The van der Waals surface area contributed by atoms with Crippen molar-refractivity contribution in [3.8, 4) is 5.75 Å². The van der Waals surface area contributed by atoms with Gasteiger partial charge in [0, 0.05) is 11.7 Å². The largest absolute Gasteiger partial charge is 0.497 e. The second kappa shape index (κ2) is 12.3. The Morgan fingerprint density at radius 3 is 2.38 bits per heavy atom. The van der Waals surface area contributed by atoms with Crippen molar-refractivity contribution in [3.05, 3.63) is 83.9 Å². The fourth-order valence-electron chi connectivity index (χ4n) is 5.51. The monoisotopic (exact) mass is 539 g/mol. The number of fused-ring (bicyclic) bond motifs is 1. The number of hydrogen-bond acceptors (Lipinski definition) is 5. The van der Waals surface area contributed by atoms with Crippen LogP contribution in [0.5, 0.6) is 5.75 Å². The molecule has 1 saturated carbocycles. The first-order chi connectivity index (χ1) is 19.5. The van der Waals surface area contributed by atoms with Crippen LogP contribution >= 0.6 is 0 Å². The van der Waals surface area contributed by atoms with E-state index in [1.165, 1.54) is 6.42 Å². The number of nitrogens with zero attached hydrogens (tertiary/aromatic N) is 4. The zero-order chi connectivity index (χ0) is 28.1. The molecule has 0 radical (unpaired) electrons. The second-order valence-corrected chi connectivity index (χ2v) is 10.4. The summed E-state index contributed by atoms with van der Waals surface area (Å²) in [7, 11) is 1.61. The summed E-state index contributed by atoms with van der Waals surface area (Å²) in [5.74, 6) is 0.239. The molecule has 1 N–H and O–H groups in total. The molecule has 0 spiro atoms. The number of anilines is 1. The number of para-hydroxylation sites is 1. The average molecular weight is 540 g/mol. The van der Waals surface area contributed by atoms with Crippen LogP contribution in [0.3, 0.4) is 0 Å². The number of aryl methyl sites for hydroxylation is 1. The van der Waals surface area contributed by atoms with Crippen molar-refractivity contribution >= 4 is 28.5 Å². The van der Waals surface area contributed by atoms with Gasteiger partial charge in [0.2, 0.25) is 5.91 Å². The lowest BCUT2D eigenvalue weighted by Gasteiger charge is -2.35. The molecule has 8 nitrogen and oxygen atoms in total. The van der Waals surface area contributed by atoms with Crippen LogP contribution in [0.1, 0.15) is 69.2 Å². The molecule has 4 aromatic rings. The summed E-state index contributed by atoms with van der Waals surface area (Å²) in [6, 6.07) is 21.3. The number of rotatable bonds is 9. The minimum Gasteiger partial charge on any atom is -0.497 e. The van der Waals surface area contributed by atoms with Gasteiger partial charge in [-0.3, -0.25) is 14.5 Å². The number of carbonyl (C=O) groups excluding carboxylic acids is 2. The first-order valence-corrected chi connectivity index (χ1v) is 14.2. The molecule has 208 valence electrons. The third kappa shape index (κ3) is 5.71. The average Bonchev–Trinajstić information content (AvgIpc) is 3.44. The van der Waals surface area contributed by atoms with E-state index in [0.29, 0.717) is 22.5 Å². The van der Waals surface area contributed by atoms with Crippen LogP contribution in [0.2, 0.25) is 0 Å². The molecule has 3 aromatic carbocycles. The van der Waals surface area contributed by atoms with E-state index < -0.39 is 12.1 Å². The normalized spacial score (nSPS) is 15.4. The number of hydrogen-bond donors (Lipinski definition) is 1. The SMILES string of the molecule is CCc1ccc(N(C(=O)C(C)n2nnc3ccccc32)C(C(=O)NC2CCCCC2)c2ccc(OC)cc2)cc1. The molecule has 2 amide bonds. The van der Waals surface area contributed by atoms with Gasteiger partial charge in [0.15, 0.2) is 0 Å². The Morgan fingerprint density at radius 2 is 1.70 bits per heavy atom. The summed E-state index contributed by atoms with van der Waals surface area (Å²) in [6.45, 7) is 3.90. The third-order valence-corrected chi connectivity index (χ3v) is 7.85. The number of ether oxygens (including phenoxy) is 1. The van der Waals surface area contributed by atoms with E-state index in [2.05, 4.69) is 22.6 Å². The van der Waals surface area contributed by atoms with Gasteiger partial charge in [-0.2, -0.15) is 0 Å². The van der Waals surface area contributed by atoms with Gasteiger partial charge in [0.05, 0.1) is 12.6 Å². The number of aromatic nitrogens is 3. The van der Waals surface area contributed by atoms with Crippen LogP contribution in [-0.4, -0.2) is 40.0 Å². The van der Waals surface area contributed by atoms with Gasteiger partial charge < -0.3 is 10.1 Å². The molecule has 8 heteroatoms. The lowest BCUT2D eigenvalue weighted by Crippen LogP contribution is -2.48. The quantitative estimate of drug-likeness (QED) is 0.291. The van der Waals surface area contributed by atoms with Crippen molar-refractivity contribution in [2.75, 3.05) is 12.0 Å². The number of benzene rings is 3. The van der Waals surface area contributed by atoms with Crippen LogP contribution in [0, 0.1) is 0 Å². The fraction of sp³-hybridized carbons (Fsp3) is 0.375. The van der Waals surface area contributed by atoms with E-state index in [1.807, 2.05) is 72.8 Å². The molecule has 0 bridgehead atoms. The summed E-state index contributed by atoms with van der Waals surface area (Å²) < 4.78 is 7.01. The minimum atomic E-state index is -0.884. The Hall–Kier alpha value is -4.20. The van der Waals surface area contributed by atoms with E-state index in [0.717, 1.165) is 43.2 Å². The third-order valence-electron chi connectivity index (χ3n) is 7.85. The van der Waals surface area contributed by atoms with Crippen LogP contribution in [0.4, 0.5) is 5.69 Å². The van der Waals surface area contributed by atoms with E-state index >= 15 is 0 Å². The number of nitrogens with one attached hydrogen (secondary N) is 1. The van der Waals surface area contributed by atoms with Gasteiger partial charge in [-0.25, -0.2) is 4.68 Å². The fourth-order valence-corrected chi connectivity index (χ4v) is 5.51. The summed E-state index contributed by atoms with van der Waals surface area (Å²) in [6.07, 6.45) is 6.14. The van der Waals surface area contributed by atoms with Crippen molar-refractivity contribution in [1.82, 2.24) is 20.3 Å². The number of carbonyl (C=O) groups is 2. The first-order valence-electron chi connectivity index (χ1n) is 14.2. The summed E-state index contributed by atoms with van der Waals surface area (Å²) in [5.41, 5.74) is 3.98.